The molecule has 0 aliphatic heterocycles. The largest absolute Gasteiger partial charge is 0.416 e. The highest BCUT2D eigenvalue weighted by Gasteiger charge is 2.31. The van der Waals surface area contributed by atoms with E-state index >= 15 is 0 Å². The topological polar surface area (TPSA) is 32.3 Å². The molecule has 1 N–H and O–H groups in total. The molecule has 0 saturated heterocycles. The van der Waals surface area contributed by atoms with Crippen LogP contribution in [0.4, 0.5) is 18.9 Å². The van der Waals surface area contributed by atoms with Gasteiger partial charge >= 0.3 is 6.18 Å². The summed E-state index contributed by atoms with van der Waals surface area (Å²) in [6, 6.07) is 3.19. The first kappa shape index (κ1) is 14.5. The number of hydrogen-bond donors (Lipinski definition) is 1. The Bertz CT molecular complexity index is 441. The second-order valence-corrected chi connectivity index (χ2v) is 4.08. The molecule has 1 rings (SSSR count). The number of Topliss-reactive ketones (excluding diaryl/α,β-unsaturated/α-hetero) is 1. The standard InChI is InChI=1S/C12H15F3N2O/c1-16-7-11(18)9-6-8(12(13,14)15)4-5-10(9)17(2)3/h4-6,16H,7H2,1-3H3. The normalized spacial score (nSPS) is 11.4. The summed E-state index contributed by atoms with van der Waals surface area (Å²) in [4.78, 5) is 13.4. The van der Waals surface area contributed by atoms with Gasteiger partial charge in [0.2, 0.25) is 0 Å². The van der Waals surface area contributed by atoms with E-state index in [4.69, 9.17) is 0 Å². The van der Waals surface area contributed by atoms with Crippen molar-refractivity contribution in [2.24, 2.45) is 0 Å². The predicted octanol–water partition coefficient (Wildman–Crippen LogP) is 2.17. The van der Waals surface area contributed by atoms with Crippen molar-refractivity contribution in [2.45, 2.75) is 6.18 Å². The van der Waals surface area contributed by atoms with Crippen molar-refractivity contribution >= 4 is 11.5 Å². The SMILES string of the molecule is CNCC(=O)c1cc(C(F)(F)F)ccc1N(C)C. The fourth-order valence-electron chi connectivity index (χ4n) is 1.58. The number of carbonyl (C=O) groups is 1. The molecule has 0 bridgehead atoms. The Morgan fingerprint density at radius 3 is 2.39 bits per heavy atom. The van der Waals surface area contributed by atoms with Gasteiger partial charge in [0.1, 0.15) is 0 Å². The molecule has 0 fully saturated rings. The molecule has 0 aromatic heterocycles. The predicted molar refractivity (Wildman–Crippen MR) is 64.0 cm³/mol. The molecule has 0 aliphatic carbocycles. The van der Waals surface area contributed by atoms with Gasteiger partial charge in [-0.25, -0.2) is 0 Å². The van der Waals surface area contributed by atoms with E-state index in [2.05, 4.69) is 5.32 Å². The number of anilines is 1. The highest BCUT2D eigenvalue weighted by molar-refractivity contribution is 6.02. The van der Waals surface area contributed by atoms with Gasteiger partial charge in [-0.05, 0) is 25.2 Å². The first-order chi connectivity index (χ1) is 8.27. The summed E-state index contributed by atoms with van der Waals surface area (Å²) in [6.45, 7) is 0.00213. The minimum Gasteiger partial charge on any atom is -0.377 e. The van der Waals surface area contributed by atoms with Crippen LogP contribution in [-0.2, 0) is 6.18 Å². The van der Waals surface area contributed by atoms with Gasteiger partial charge in [0.25, 0.3) is 0 Å². The lowest BCUT2D eigenvalue weighted by atomic mass is 10.0. The summed E-state index contributed by atoms with van der Waals surface area (Å²) in [6.07, 6.45) is -4.44. The number of alkyl halides is 3. The van der Waals surface area contributed by atoms with Crippen LogP contribution in [0.25, 0.3) is 0 Å². The van der Waals surface area contributed by atoms with Crippen molar-refractivity contribution in [3.05, 3.63) is 29.3 Å². The van der Waals surface area contributed by atoms with Gasteiger partial charge in [-0.3, -0.25) is 4.79 Å². The van der Waals surface area contributed by atoms with E-state index in [1.165, 1.54) is 6.07 Å². The van der Waals surface area contributed by atoms with Gasteiger partial charge in [-0.15, -0.1) is 0 Å². The van der Waals surface area contributed by atoms with Gasteiger partial charge in [0.15, 0.2) is 5.78 Å². The number of hydrogen-bond acceptors (Lipinski definition) is 3. The van der Waals surface area contributed by atoms with Crippen LogP contribution in [0.3, 0.4) is 0 Å². The van der Waals surface area contributed by atoms with Gasteiger partial charge < -0.3 is 10.2 Å². The van der Waals surface area contributed by atoms with Crippen LogP contribution in [0.15, 0.2) is 18.2 Å². The number of nitrogens with one attached hydrogen (secondary N) is 1. The van der Waals surface area contributed by atoms with E-state index < -0.39 is 11.7 Å². The summed E-state index contributed by atoms with van der Waals surface area (Å²) >= 11 is 0. The zero-order valence-electron chi connectivity index (χ0n) is 10.4. The van der Waals surface area contributed by atoms with Crippen molar-refractivity contribution < 1.29 is 18.0 Å². The molecule has 0 unspecified atom stereocenters. The number of carbonyl (C=O) groups excluding carboxylic acids is 1. The first-order valence-electron chi connectivity index (χ1n) is 5.33. The molecule has 0 aliphatic rings. The van der Waals surface area contributed by atoms with Gasteiger partial charge in [0, 0.05) is 25.3 Å². The first-order valence-corrected chi connectivity index (χ1v) is 5.33. The molecule has 0 atom stereocenters. The van der Waals surface area contributed by atoms with E-state index in [9.17, 15) is 18.0 Å². The third-order valence-electron chi connectivity index (χ3n) is 2.44. The van der Waals surface area contributed by atoms with E-state index in [1.54, 1.807) is 26.0 Å². The van der Waals surface area contributed by atoms with Crippen molar-refractivity contribution in [2.75, 3.05) is 32.6 Å². The fourth-order valence-corrected chi connectivity index (χ4v) is 1.58. The maximum absolute atomic E-state index is 12.6. The third-order valence-corrected chi connectivity index (χ3v) is 2.44. The Kier molecular flexibility index (Phi) is 4.34. The lowest BCUT2D eigenvalue weighted by molar-refractivity contribution is -0.137. The molecule has 0 amide bonds. The molecule has 18 heavy (non-hydrogen) atoms. The number of ketones is 1. The summed E-state index contributed by atoms with van der Waals surface area (Å²) in [5, 5.41) is 2.64. The highest BCUT2D eigenvalue weighted by Crippen LogP contribution is 2.32. The van der Waals surface area contributed by atoms with E-state index in [-0.39, 0.29) is 17.9 Å². The molecule has 1 aromatic rings. The average molecular weight is 260 g/mol. The second-order valence-electron chi connectivity index (χ2n) is 4.08. The summed E-state index contributed by atoms with van der Waals surface area (Å²) in [5.74, 6) is -0.368. The molecule has 6 heteroatoms. The van der Waals surface area contributed by atoms with Crippen LogP contribution in [0.5, 0.6) is 0 Å². The second kappa shape index (κ2) is 5.39. The lowest BCUT2D eigenvalue weighted by Crippen LogP contribution is -2.22. The lowest BCUT2D eigenvalue weighted by Gasteiger charge is -2.18. The maximum Gasteiger partial charge on any atom is 0.416 e. The number of likely N-dealkylation sites (N-methyl/N-ethyl adjacent to an activating group) is 1. The van der Waals surface area contributed by atoms with Gasteiger partial charge in [-0.1, -0.05) is 0 Å². The van der Waals surface area contributed by atoms with Crippen LogP contribution in [0.2, 0.25) is 0 Å². The number of halogens is 3. The minimum atomic E-state index is -4.44. The molecular formula is C12H15F3N2O. The molecule has 0 saturated carbocycles. The Balaban J connectivity index is 3.29. The van der Waals surface area contributed by atoms with Crippen LogP contribution < -0.4 is 10.2 Å². The summed E-state index contributed by atoms with van der Waals surface area (Å²) in [7, 11) is 4.93. The van der Waals surface area contributed by atoms with Crippen LogP contribution >= 0.6 is 0 Å². The maximum atomic E-state index is 12.6. The van der Waals surface area contributed by atoms with Gasteiger partial charge in [0.05, 0.1) is 12.1 Å². The van der Waals surface area contributed by atoms with E-state index in [0.717, 1.165) is 12.1 Å². The molecule has 0 heterocycles. The van der Waals surface area contributed by atoms with Crippen LogP contribution in [0.1, 0.15) is 15.9 Å². The zero-order chi connectivity index (χ0) is 13.9. The molecule has 0 spiro atoms. The Morgan fingerprint density at radius 1 is 1.33 bits per heavy atom. The Labute approximate surface area is 104 Å². The number of rotatable bonds is 4. The quantitative estimate of drug-likeness (QED) is 0.842. The molecular weight excluding hydrogens is 245 g/mol. The smallest absolute Gasteiger partial charge is 0.377 e. The Morgan fingerprint density at radius 2 is 1.94 bits per heavy atom. The monoisotopic (exact) mass is 260 g/mol. The summed E-state index contributed by atoms with van der Waals surface area (Å²) < 4.78 is 37.8. The zero-order valence-corrected chi connectivity index (χ0v) is 10.4. The molecule has 1 aromatic carbocycles. The van der Waals surface area contributed by atoms with Crippen molar-refractivity contribution in [3.8, 4) is 0 Å². The van der Waals surface area contributed by atoms with E-state index in [1.807, 2.05) is 0 Å². The third kappa shape index (κ3) is 3.22. The highest BCUT2D eigenvalue weighted by atomic mass is 19.4. The van der Waals surface area contributed by atoms with Crippen LogP contribution in [0, 0.1) is 0 Å². The minimum absolute atomic E-state index is 0.00213. The molecule has 0 radical (unpaired) electrons. The van der Waals surface area contributed by atoms with Crippen molar-refractivity contribution in [3.63, 3.8) is 0 Å². The fraction of sp³-hybridized carbons (Fsp3) is 0.417. The average Bonchev–Trinajstić information content (AvgIpc) is 2.27. The van der Waals surface area contributed by atoms with E-state index in [0.29, 0.717) is 5.69 Å². The van der Waals surface area contributed by atoms with Crippen LogP contribution in [-0.4, -0.2) is 33.5 Å². The number of benzene rings is 1. The Hall–Kier alpha value is -1.56. The molecule has 3 nitrogen and oxygen atoms in total. The molecule has 100 valence electrons. The summed E-state index contributed by atoms with van der Waals surface area (Å²) in [5.41, 5.74) is -0.264. The van der Waals surface area contributed by atoms with Gasteiger partial charge in [-0.2, -0.15) is 13.2 Å². The number of nitrogens with zero attached hydrogens (tertiary/aromatic N) is 1. The van der Waals surface area contributed by atoms with Crippen molar-refractivity contribution in [1.82, 2.24) is 5.32 Å². The van der Waals surface area contributed by atoms with Crippen molar-refractivity contribution in [1.29, 1.82) is 0 Å².